The Bertz CT molecular complexity index is 578. The Morgan fingerprint density at radius 2 is 0.840 bits per heavy atom. The van der Waals surface area contributed by atoms with Gasteiger partial charge in [0.1, 0.15) is 23.3 Å². The monoisotopic (exact) mass is 350 g/mol. The zero-order chi connectivity index (χ0) is 18.6. The highest BCUT2D eigenvalue weighted by atomic mass is 15.3. The summed E-state index contributed by atoms with van der Waals surface area (Å²) < 4.78 is 4.37. The summed E-state index contributed by atoms with van der Waals surface area (Å²) in [5.74, 6) is 5.09. The van der Waals surface area contributed by atoms with E-state index < -0.39 is 0 Å². The fourth-order valence-electron chi connectivity index (χ4n) is 2.84. The number of aromatic nitrogens is 6. The molecule has 2 aromatic heterocycles. The molecule has 0 aliphatic heterocycles. The third-order valence-corrected chi connectivity index (χ3v) is 3.85. The molecule has 25 heavy (non-hydrogen) atoms. The molecule has 0 unspecified atom stereocenters. The van der Waals surface area contributed by atoms with Crippen LogP contribution < -0.4 is 0 Å². The second kappa shape index (κ2) is 9.68. The van der Waals surface area contributed by atoms with Crippen LogP contribution in [0.3, 0.4) is 0 Å². The van der Waals surface area contributed by atoms with E-state index in [0.717, 1.165) is 23.3 Å². The highest BCUT2D eigenvalue weighted by molar-refractivity contribution is 5.00. The minimum absolute atomic E-state index is 0. The topological polar surface area (TPSA) is 61.4 Å². The van der Waals surface area contributed by atoms with Crippen LogP contribution in [0.1, 0.15) is 110 Å². The van der Waals surface area contributed by atoms with Crippen molar-refractivity contribution in [3.05, 3.63) is 23.3 Å². The van der Waals surface area contributed by atoms with Crippen LogP contribution in [0.15, 0.2) is 0 Å². The van der Waals surface area contributed by atoms with Crippen molar-refractivity contribution in [1.29, 1.82) is 0 Å². The summed E-state index contributed by atoms with van der Waals surface area (Å²) in [6, 6.07) is 0.912. The zero-order valence-corrected chi connectivity index (χ0v) is 17.0. The number of rotatable bonds is 4. The number of hydrogen-bond acceptors (Lipinski definition) is 4. The molecule has 0 spiro atoms. The molecule has 6 nitrogen and oxygen atoms in total. The Hall–Kier alpha value is -1.72. The van der Waals surface area contributed by atoms with E-state index >= 15 is 0 Å². The molecule has 0 amide bonds. The van der Waals surface area contributed by atoms with Gasteiger partial charge in [0, 0.05) is 23.9 Å². The molecule has 0 N–H and O–H groups in total. The summed E-state index contributed by atoms with van der Waals surface area (Å²) in [4.78, 5) is 0. The molecule has 0 aromatic carbocycles. The summed E-state index contributed by atoms with van der Waals surface area (Å²) in [6.45, 7) is 21.2. The first-order chi connectivity index (χ1) is 11.1. The van der Waals surface area contributed by atoms with Crippen molar-refractivity contribution in [2.45, 2.75) is 101 Å². The summed E-state index contributed by atoms with van der Waals surface area (Å²) >= 11 is 0. The second-order valence-electron chi connectivity index (χ2n) is 7.45. The van der Waals surface area contributed by atoms with Crippen molar-refractivity contribution in [3.8, 4) is 0 Å². The van der Waals surface area contributed by atoms with Crippen molar-refractivity contribution in [2.75, 3.05) is 0 Å². The predicted molar refractivity (Wildman–Crippen MR) is 105 cm³/mol. The Balaban J connectivity index is 0.000000443. The van der Waals surface area contributed by atoms with Gasteiger partial charge < -0.3 is 9.13 Å². The standard InChI is InChI=1S/2C9H17N3.CH4/c2*1-6(2)9-11-10-8(5)12(9)7(3)4;/h2*6-7H,1-5H3;1H4. The average molecular weight is 351 g/mol. The molecular weight excluding hydrogens is 312 g/mol. The van der Waals surface area contributed by atoms with E-state index in [2.05, 4.69) is 84.9 Å². The molecule has 2 rings (SSSR count). The van der Waals surface area contributed by atoms with E-state index in [1.54, 1.807) is 0 Å². The molecule has 0 saturated heterocycles. The third kappa shape index (κ3) is 5.65. The van der Waals surface area contributed by atoms with Gasteiger partial charge in [0.25, 0.3) is 0 Å². The SMILES string of the molecule is C.Cc1nnc(C(C)C)n1C(C)C.Cc1nnc(C(C)C)n1C(C)C. The Morgan fingerprint density at radius 3 is 1.00 bits per heavy atom. The van der Waals surface area contributed by atoms with E-state index in [1.807, 2.05) is 13.8 Å². The first-order valence-corrected chi connectivity index (χ1v) is 8.90. The minimum atomic E-state index is 0. The molecule has 2 heterocycles. The summed E-state index contributed by atoms with van der Waals surface area (Å²) in [7, 11) is 0. The quantitative estimate of drug-likeness (QED) is 0.758. The molecule has 0 bridgehead atoms. The lowest BCUT2D eigenvalue weighted by molar-refractivity contribution is 0.538. The van der Waals surface area contributed by atoms with Crippen LogP contribution >= 0.6 is 0 Å². The molecule has 0 atom stereocenters. The number of aryl methyl sites for hydroxylation is 2. The molecule has 0 saturated carbocycles. The Labute approximate surface area is 154 Å². The van der Waals surface area contributed by atoms with Crippen molar-refractivity contribution >= 4 is 0 Å². The first kappa shape index (κ1) is 23.3. The van der Waals surface area contributed by atoms with Crippen molar-refractivity contribution in [3.63, 3.8) is 0 Å². The van der Waals surface area contributed by atoms with Crippen molar-refractivity contribution in [1.82, 2.24) is 29.5 Å². The number of nitrogens with zero attached hydrogens (tertiary/aromatic N) is 6. The molecule has 0 fully saturated rings. The smallest absolute Gasteiger partial charge is 0.135 e. The lowest BCUT2D eigenvalue weighted by Gasteiger charge is -2.13. The van der Waals surface area contributed by atoms with E-state index in [4.69, 9.17) is 0 Å². The highest BCUT2D eigenvalue weighted by Gasteiger charge is 2.14. The molecule has 0 radical (unpaired) electrons. The fourth-order valence-corrected chi connectivity index (χ4v) is 2.84. The van der Waals surface area contributed by atoms with Crippen LogP contribution in [0.2, 0.25) is 0 Å². The number of hydrogen-bond donors (Lipinski definition) is 0. The fraction of sp³-hybridized carbons (Fsp3) is 0.789. The van der Waals surface area contributed by atoms with E-state index in [9.17, 15) is 0 Å². The van der Waals surface area contributed by atoms with Crippen LogP contribution in [0, 0.1) is 13.8 Å². The van der Waals surface area contributed by atoms with Crippen LogP contribution in [0.25, 0.3) is 0 Å². The van der Waals surface area contributed by atoms with Gasteiger partial charge in [-0.3, -0.25) is 0 Å². The second-order valence-corrected chi connectivity index (χ2v) is 7.45. The van der Waals surface area contributed by atoms with E-state index in [0.29, 0.717) is 23.9 Å². The summed E-state index contributed by atoms with van der Waals surface area (Å²) in [6.07, 6.45) is 0. The molecule has 0 aliphatic rings. The molecule has 6 heteroatoms. The molecule has 0 aliphatic carbocycles. The zero-order valence-electron chi connectivity index (χ0n) is 17.0. The van der Waals surface area contributed by atoms with Crippen LogP contribution in [0.4, 0.5) is 0 Å². The molecular formula is C19H38N6. The van der Waals surface area contributed by atoms with Gasteiger partial charge in [-0.2, -0.15) is 0 Å². The van der Waals surface area contributed by atoms with Gasteiger partial charge in [0.05, 0.1) is 0 Å². The average Bonchev–Trinajstić information content (AvgIpc) is 3.02. The summed E-state index contributed by atoms with van der Waals surface area (Å²) in [5.41, 5.74) is 0. The van der Waals surface area contributed by atoms with E-state index in [-0.39, 0.29) is 7.43 Å². The van der Waals surface area contributed by atoms with Crippen molar-refractivity contribution < 1.29 is 0 Å². The van der Waals surface area contributed by atoms with Gasteiger partial charge in [0.2, 0.25) is 0 Å². The normalized spacial score (nSPS) is 11.1. The molecule has 144 valence electrons. The van der Waals surface area contributed by atoms with Gasteiger partial charge in [-0.25, -0.2) is 0 Å². The van der Waals surface area contributed by atoms with Gasteiger partial charge >= 0.3 is 0 Å². The Kier molecular flexibility index (Phi) is 9.02. The van der Waals surface area contributed by atoms with Crippen LogP contribution in [-0.2, 0) is 0 Å². The maximum absolute atomic E-state index is 4.15. The van der Waals surface area contributed by atoms with E-state index in [1.165, 1.54) is 0 Å². The lowest BCUT2D eigenvalue weighted by atomic mass is 10.2. The first-order valence-electron chi connectivity index (χ1n) is 8.90. The molecule has 2 aromatic rings. The maximum atomic E-state index is 4.15. The highest BCUT2D eigenvalue weighted by Crippen LogP contribution is 2.18. The van der Waals surface area contributed by atoms with Crippen molar-refractivity contribution in [2.24, 2.45) is 0 Å². The van der Waals surface area contributed by atoms with Gasteiger partial charge in [0.15, 0.2) is 0 Å². The third-order valence-electron chi connectivity index (χ3n) is 3.85. The predicted octanol–water partition coefficient (Wildman–Crippen LogP) is 5.22. The van der Waals surface area contributed by atoms with Gasteiger partial charge in [-0.15, -0.1) is 20.4 Å². The lowest BCUT2D eigenvalue weighted by Crippen LogP contribution is -2.09. The minimum Gasteiger partial charge on any atom is -0.312 e. The van der Waals surface area contributed by atoms with Crippen LogP contribution in [0.5, 0.6) is 0 Å². The largest absolute Gasteiger partial charge is 0.312 e. The maximum Gasteiger partial charge on any atom is 0.135 e. The van der Waals surface area contributed by atoms with Crippen LogP contribution in [-0.4, -0.2) is 29.5 Å². The summed E-state index contributed by atoms with van der Waals surface area (Å²) in [5, 5.41) is 16.4. The van der Waals surface area contributed by atoms with Gasteiger partial charge in [-0.05, 0) is 41.5 Å². The van der Waals surface area contributed by atoms with Gasteiger partial charge in [-0.1, -0.05) is 35.1 Å². The Morgan fingerprint density at radius 1 is 0.560 bits per heavy atom.